The molecule has 0 unspecified atom stereocenters. The van der Waals surface area contributed by atoms with Crippen LogP contribution in [0.1, 0.15) is 15.9 Å². The maximum absolute atomic E-state index is 12.1. The van der Waals surface area contributed by atoms with E-state index in [-0.39, 0.29) is 6.61 Å². The fourth-order valence-electron chi connectivity index (χ4n) is 2.19. The van der Waals surface area contributed by atoms with Crippen molar-refractivity contribution < 1.29 is 9.53 Å². The Bertz CT molecular complexity index is 889. The van der Waals surface area contributed by atoms with Crippen molar-refractivity contribution in [3.63, 3.8) is 0 Å². The summed E-state index contributed by atoms with van der Waals surface area (Å²) >= 11 is 8.26. The van der Waals surface area contributed by atoms with Crippen LogP contribution in [-0.2, 0) is 11.2 Å². The van der Waals surface area contributed by atoms with Gasteiger partial charge in [-0.3, -0.25) is 0 Å². The van der Waals surface area contributed by atoms with E-state index < -0.39 is 5.97 Å². The number of aromatic nitrogens is 2. The van der Waals surface area contributed by atoms with E-state index in [1.54, 1.807) is 0 Å². The van der Waals surface area contributed by atoms with Crippen LogP contribution in [0.5, 0.6) is 0 Å². The van der Waals surface area contributed by atoms with Crippen molar-refractivity contribution in [3.8, 4) is 0 Å². The monoisotopic (exact) mass is 479 g/mol. The topological polar surface area (TPSA) is 64.1 Å². The van der Waals surface area contributed by atoms with Crippen LogP contribution in [0.3, 0.4) is 0 Å². The molecule has 0 spiro atoms. The van der Waals surface area contributed by atoms with E-state index in [4.69, 9.17) is 16.3 Å². The Kier molecular flexibility index (Phi) is 6.40. The summed E-state index contributed by atoms with van der Waals surface area (Å²) in [6, 6.07) is 15.3. The minimum Gasteiger partial charge on any atom is -0.462 e. The van der Waals surface area contributed by atoms with Crippen molar-refractivity contribution >= 4 is 51.8 Å². The van der Waals surface area contributed by atoms with E-state index in [1.165, 1.54) is 12.4 Å². The number of carbonyl (C=O) groups is 1. The van der Waals surface area contributed by atoms with Crippen LogP contribution in [-0.4, -0.2) is 22.5 Å². The highest BCUT2D eigenvalue weighted by Crippen LogP contribution is 2.20. The number of ether oxygens (including phenoxy) is 1. The van der Waals surface area contributed by atoms with Gasteiger partial charge in [-0.05, 0) is 52.4 Å². The highest BCUT2D eigenvalue weighted by Gasteiger charge is 2.09. The zero-order valence-corrected chi connectivity index (χ0v) is 16.6. The van der Waals surface area contributed by atoms with Gasteiger partial charge in [0, 0.05) is 28.1 Å². The quantitative estimate of drug-likeness (QED) is 0.403. The van der Waals surface area contributed by atoms with Crippen molar-refractivity contribution in [2.75, 3.05) is 11.9 Å². The molecule has 0 saturated carbocycles. The van der Waals surface area contributed by atoms with E-state index in [2.05, 4.69) is 37.9 Å². The van der Waals surface area contributed by atoms with Crippen molar-refractivity contribution in [1.29, 1.82) is 0 Å². The SMILES string of the molecule is O=C(OCCc1ccc(I)c(Cl)c1)c1cnc(Nc2ccccc2)nc1. The van der Waals surface area contributed by atoms with Gasteiger partial charge in [0.05, 0.1) is 17.2 Å². The van der Waals surface area contributed by atoms with Crippen molar-refractivity contribution in [2.24, 2.45) is 0 Å². The van der Waals surface area contributed by atoms with Gasteiger partial charge in [-0.2, -0.15) is 0 Å². The number of hydrogen-bond acceptors (Lipinski definition) is 5. The molecule has 26 heavy (non-hydrogen) atoms. The number of rotatable bonds is 6. The summed E-state index contributed by atoms with van der Waals surface area (Å²) < 4.78 is 6.27. The molecule has 132 valence electrons. The predicted octanol–water partition coefficient (Wildman–Crippen LogP) is 4.88. The average Bonchev–Trinajstić information content (AvgIpc) is 2.66. The second-order valence-electron chi connectivity index (χ2n) is 5.42. The zero-order chi connectivity index (χ0) is 18.4. The lowest BCUT2D eigenvalue weighted by molar-refractivity contribution is 0.0508. The van der Waals surface area contributed by atoms with E-state index in [0.29, 0.717) is 23.0 Å². The summed E-state index contributed by atoms with van der Waals surface area (Å²) in [7, 11) is 0. The predicted molar refractivity (Wildman–Crippen MR) is 110 cm³/mol. The Balaban J connectivity index is 1.52. The van der Waals surface area contributed by atoms with Gasteiger partial charge < -0.3 is 10.1 Å². The number of halogens is 2. The largest absolute Gasteiger partial charge is 0.462 e. The summed E-state index contributed by atoms with van der Waals surface area (Å²) in [4.78, 5) is 20.4. The van der Waals surface area contributed by atoms with Gasteiger partial charge in [0.15, 0.2) is 0 Å². The molecule has 1 heterocycles. The van der Waals surface area contributed by atoms with E-state index in [1.807, 2.05) is 48.5 Å². The van der Waals surface area contributed by atoms with Crippen LogP contribution >= 0.6 is 34.2 Å². The van der Waals surface area contributed by atoms with E-state index in [9.17, 15) is 4.79 Å². The van der Waals surface area contributed by atoms with Crippen LogP contribution in [0.25, 0.3) is 0 Å². The molecule has 0 aliphatic heterocycles. The van der Waals surface area contributed by atoms with Gasteiger partial charge in [0.1, 0.15) is 0 Å². The fraction of sp³-hybridized carbons (Fsp3) is 0.105. The summed E-state index contributed by atoms with van der Waals surface area (Å²) in [5.74, 6) is -0.0332. The first kappa shape index (κ1) is 18.6. The third-order valence-corrected chi connectivity index (χ3v) is 5.10. The molecule has 5 nitrogen and oxygen atoms in total. The summed E-state index contributed by atoms with van der Waals surface area (Å²) in [5, 5.41) is 3.76. The maximum Gasteiger partial charge on any atom is 0.341 e. The van der Waals surface area contributed by atoms with E-state index >= 15 is 0 Å². The Morgan fingerprint density at radius 3 is 2.54 bits per heavy atom. The van der Waals surface area contributed by atoms with Gasteiger partial charge in [-0.15, -0.1) is 0 Å². The molecule has 7 heteroatoms. The number of nitrogens with one attached hydrogen (secondary N) is 1. The minimum absolute atomic E-state index is 0.264. The highest BCUT2D eigenvalue weighted by molar-refractivity contribution is 14.1. The molecule has 3 rings (SSSR count). The first-order valence-corrected chi connectivity index (χ1v) is 9.32. The number of hydrogen-bond donors (Lipinski definition) is 1. The Labute approximate surface area is 169 Å². The Hall–Kier alpha value is -2.19. The van der Waals surface area contributed by atoms with Crippen LogP contribution in [0.15, 0.2) is 60.9 Å². The first-order valence-electron chi connectivity index (χ1n) is 7.87. The van der Waals surface area contributed by atoms with Crippen LogP contribution in [0.2, 0.25) is 5.02 Å². The van der Waals surface area contributed by atoms with Gasteiger partial charge in [0.25, 0.3) is 0 Å². The molecule has 1 aromatic heterocycles. The number of para-hydroxylation sites is 1. The molecule has 0 atom stereocenters. The van der Waals surface area contributed by atoms with Crippen molar-refractivity contribution in [3.05, 3.63) is 80.6 Å². The summed E-state index contributed by atoms with van der Waals surface area (Å²) in [6.07, 6.45) is 3.49. The van der Waals surface area contributed by atoms with Crippen molar-refractivity contribution in [2.45, 2.75) is 6.42 Å². The molecular weight excluding hydrogens is 465 g/mol. The third-order valence-electron chi connectivity index (χ3n) is 3.53. The lowest BCUT2D eigenvalue weighted by Gasteiger charge is -2.07. The molecule has 0 aliphatic carbocycles. The Morgan fingerprint density at radius 1 is 1.12 bits per heavy atom. The molecule has 0 bridgehead atoms. The van der Waals surface area contributed by atoms with Gasteiger partial charge in [0.2, 0.25) is 5.95 Å². The van der Waals surface area contributed by atoms with Crippen LogP contribution in [0, 0.1) is 3.57 Å². The third kappa shape index (κ3) is 5.15. The zero-order valence-electron chi connectivity index (χ0n) is 13.7. The molecule has 0 amide bonds. The minimum atomic E-state index is -0.451. The van der Waals surface area contributed by atoms with Crippen LogP contribution in [0.4, 0.5) is 11.6 Å². The summed E-state index contributed by atoms with van der Waals surface area (Å²) in [6.45, 7) is 0.264. The number of esters is 1. The van der Waals surface area contributed by atoms with Gasteiger partial charge in [-0.1, -0.05) is 35.9 Å². The number of carbonyl (C=O) groups excluding carboxylic acids is 1. The molecule has 0 saturated heterocycles. The number of benzene rings is 2. The highest BCUT2D eigenvalue weighted by atomic mass is 127. The summed E-state index contributed by atoms with van der Waals surface area (Å²) in [5.41, 5.74) is 2.20. The molecule has 0 radical (unpaired) electrons. The standard InChI is InChI=1S/C19H15ClIN3O2/c20-16-10-13(6-7-17(16)21)8-9-26-18(25)14-11-22-19(23-12-14)24-15-4-2-1-3-5-15/h1-7,10-12H,8-9H2,(H,22,23,24). The maximum atomic E-state index is 12.1. The second-order valence-corrected chi connectivity index (χ2v) is 6.99. The van der Waals surface area contributed by atoms with Crippen molar-refractivity contribution in [1.82, 2.24) is 9.97 Å². The molecule has 2 aromatic carbocycles. The molecule has 3 aromatic rings. The number of anilines is 2. The van der Waals surface area contributed by atoms with Crippen LogP contribution < -0.4 is 5.32 Å². The molecule has 0 fully saturated rings. The molecule has 1 N–H and O–H groups in total. The normalized spacial score (nSPS) is 10.4. The first-order chi connectivity index (χ1) is 12.6. The lowest BCUT2D eigenvalue weighted by atomic mass is 10.2. The fourth-order valence-corrected chi connectivity index (χ4v) is 2.73. The number of nitrogens with zero attached hydrogens (tertiary/aromatic N) is 2. The Morgan fingerprint density at radius 2 is 1.85 bits per heavy atom. The van der Waals surface area contributed by atoms with Gasteiger partial charge >= 0.3 is 5.97 Å². The van der Waals surface area contributed by atoms with E-state index in [0.717, 1.165) is 14.8 Å². The molecular formula is C19H15ClIN3O2. The molecule has 0 aliphatic rings. The lowest BCUT2D eigenvalue weighted by Crippen LogP contribution is -2.09. The average molecular weight is 480 g/mol. The smallest absolute Gasteiger partial charge is 0.341 e. The van der Waals surface area contributed by atoms with Gasteiger partial charge in [-0.25, -0.2) is 14.8 Å². The second kappa shape index (κ2) is 8.95.